The van der Waals surface area contributed by atoms with Gasteiger partial charge in [-0.1, -0.05) is 60.7 Å². The molecule has 0 radical (unpaired) electrons. The summed E-state index contributed by atoms with van der Waals surface area (Å²) >= 11 is 0. The second kappa shape index (κ2) is 5.85. The van der Waals surface area contributed by atoms with Gasteiger partial charge in [-0.15, -0.1) is 0 Å². The van der Waals surface area contributed by atoms with E-state index in [2.05, 4.69) is 17.1 Å². The highest BCUT2D eigenvalue weighted by molar-refractivity contribution is 6.19. The van der Waals surface area contributed by atoms with Gasteiger partial charge in [-0.2, -0.15) is 0 Å². The summed E-state index contributed by atoms with van der Waals surface area (Å²) in [5.41, 5.74) is 3.33. The Balaban J connectivity index is 2.11. The lowest BCUT2D eigenvalue weighted by atomic mass is 10.0. The van der Waals surface area contributed by atoms with Crippen molar-refractivity contribution in [3.8, 4) is 11.3 Å². The zero-order valence-electron chi connectivity index (χ0n) is 13.4. The van der Waals surface area contributed by atoms with Crippen molar-refractivity contribution in [2.24, 2.45) is 0 Å². The number of rotatable bonds is 3. The van der Waals surface area contributed by atoms with E-state index in [4.69, 9.17) is 4.74 Å². The van der Waals surface area contributed by atoms with Crippen molar-refractivity contribution in [3.05, 3.63) is 72.3 Å². The lowest BCUT2D eigenvalue weighted by Crippen LogP contribution is -2.05. The van der Waals surface area contributed by atoms with Gasteiger partial charge in [0.2, 0.25) is 0 Å². The summed E-state index contributed by atoms with van der Waals surface area (Å²) < 4.78 is 5.35. The number of aromatic amines is 1. The summed E-state index contributed by atoms with van der Waals surface area (Å²) in [6, 6.07) is 22.1. The number of hydrogen-bond acceptors (Lipinski definition) is 2. The fraction of sp³-hybridized carbons (Fsp3) is 0.0952. The number of aromatic nitrogens is 1. The Labute approximate surface area is 139 Å². The molecule has 24 heavy (non-hydrogen) atoms. The molecule has 0 spiro atoms. The van der Waals surface area contributed by atoms with Gasteiger partial charge >= 0.3 is 5.97 Å². The first-order valence-electron chi connectivity index (χ1n) is 8.05. The van der Waals surface area contributed by atoms with E-state index >= 15 is 0 Å². The molecule has 3 heteroatoms. The Hall–Kier alpha value is -3.07. The van der Waals surface area contributed by atoms with Gasteiger partial charge in [0.15, 0.2) is 0 Å². The average Bonchev–Trinajstić information content (AvgIpc) is 3.03. The van der Waals surface area contributed by atoms with Gasteiger partial charge in [-0.05, 0) is 29.3 Å². The number of ether oxygens (including phenoxy) is 1. The maximum Gasteiger partial charge on any atom is 0.340 e. The van der Waals surface area contributed by atoms with E-state index < -0.39 is 0 Å². The average molecular weight is 315 g/mol. The quantitative estimate of drug-likeness (QED) is 0.530. The normalized spacial score (nSPS) is 11.0. The minimum Gasteiger partial charge on any atom is -0.462 e. The number of benzene rings is 3. The first-order chi connectivity index (χ1) is 11.8. The molecule has 0 fully saturated rings. The van der Waals surface area contributed by atoms with Crippen LogP contribution in [-0.2, 0) is 4.74 Å². The number of nitrogens with one attached hydrogen (secondary N) is 1. The molecule has 0 saturated carbocycles. The molecule has 0 atom stereocenters. The highest BCUT2D eigenvalue weighted by Crippen LogP contribution is 2.35. The predicted octanol–water partition coefficient (Wildman–Crippen LogP) is 5.16. The van der Waals surface area contributed by atoms with E-state index in [1.807, 2.05) is 61.5 Å². The molecular formula is C21H17NO2. The van der Waals surface area contributed by atoms with E-state index in [9.17, 15) is 4.79 Å². The highest BCUT2D eigenvalue weighted by Gasteiger charge is 2.22. The second-order valence-electron chi connectivity index (χ2n) is 5.67. The van der Waals surface area contributed by atoms with Crippen LogP contribution in [0.3, 0.4) is 0 Å². The SMILES string of the molecule is CCOC(=O)c1c(-c2ccccc2)[nH]c2ccc3ccccc3c12. The van der Waals surface area contributed by atoms with Gasteiger partial charge in [0.05, 0.1) is 17.9 Å². The number of carbonyl (C=O) groups is 1. The van der Waals surface area contributed by atoms with E-state index in [1.165, 1.54) is 0 Å². The Morgan fingerprint density at radius 2 is 1.71 bits per heavy atom. The molecular weight excluding hydrogens is 298 g/mol. The van der Waals surface area contributed by atoms with Gasteiger partial charge in [0, 0.05) is 10.9 Å². The first kappa shape index (κ1) is 14.5. The third-order valence-corrected chi connectivity index (χ3v) is 4.23. The van der Waals surface area contributed by atoms with Crippen molar-refractivity contribution in [3.63, 3.8) is 0 Å². The molecule has 3 aromatic carbocycles. The number of hydrogen-bond donors (Lipinski definition) is 1. The van der Waals surface area contributed by atoms with Crippen molar-refractivity contribution in [1.82, 2.24) is 4.98 Å². The number of H-pyrrole nitrogens is 1. The minimum atomic E-state index is -0.293. The Morgan fingerprint density at radius 3 is 2.50 bits per heavy atom. The smallest absolute Gasteiger partial charge is 0.340 e. The first-order valence-corrected chi connectivity index (χ1v) is 8.05. The summed E-state index contributed by atoms with van der Waals surface area (Å²) in [7, 11) is 0. The Bertz CT molecular complexity index is 1030. The van der Waals surface area contributed by atoms with Gasteiger partial charge in [-0.25, -0.2) is 4.79 Å². The van der Waals surface area contributed by atoms with Crippen LogP contribution in [0, 0.1) is 0 Å². The topological polar surface area (TPSA) is 42.1 Å². The fourth-order valence-corrected chi connectivity index (χ4v) is 3.20. The van der Waals surface area contributed by atoms with E-state index in [0.29, 0.717) is 12.2 Å². The summed E-state index contributed by atoms with van der Waals surface area (Å²) in [5.74, 6) is -0.293. The van der Waals surface area contributed by atoms with Crippen molar-refractivity contribution >= 4 is 27.6 Å². The number of fused-ring (bicyclic) bond motifs is 3. The van der Waals surface area contributed by atoms with Gasteiger partial charge in [0.25, 0.3) is 0 Å². The van der Waals surface area contributed by atoms with Crippen molar-refractivity contribution < 1.29 is 9.53 Å². The van der Waals surface area contributed by atoms with Crippen molar-refractivity contribution in [2.75, 3.05) is 6.61 Å². The van der Waals surface area contributed by atoms with Crippen LogP contribution >= 0.6 is 0 Å². The van der Waals surface area contributed by atoms with Crippen LogP contribution in [0.15, 0.2) is 66.7 Å². The molecule has 1 aromatic heterocycles. The largest absolute Gasteiger partial charge is 0.462 e. The molecule has 4 aromatic rings. The molecule has 1 heterocycles. The van der Waals surface area contributed by atoms with Crippen molar-refractivity contribution in [2.45, 2.75) is 6.92 Å². The molecule has 0 saturated heterocycles. The van der Waals surface area contributed by atoms with Gasteiger partial charge in [-0.3, -0.25) is 0 Å². The van der Waals surface area contributed by atoms with Crippen LogP contribution in [0.2, 0.25) is 0 Å². The summed E-state index contributed by atoms with van der Waals surface area (Å²) in [6.07, 6.45) is 0. The molecule has 0 aliphatic rings. The minimum absolute atomic E-state index is 0.293. The van der Waals surface area contributed by atoms with Crippen molar-refractivity contribution in [1.29, 1.82) is 0 Å². The zero-order valence-corrected chi connectivity index (χ0v) is 13.4. The number of carbonyl (C=O) groups excluding carboxylic acids is 1. The van der Waals surface area contributed by atoms with Crippen LogP contribution in [0.25, 0.3) is 32.9 Å². The van der Waals surface area contributed by atoms with E-state index in [-0.39, 0.29) is 5.97 Å². The molecule has 0 bridgehead atoms. The maximum atomic E-state index is 12.7. The zero-order chi connectivity index (χ0) is 16.5. The molecule has 0 aliphatic heterocycles. The molecule has 118 valence electrons. The summed E-state index contributed by atoms with van der Waals surface area (Å²) in [6.45, 7) is 2.18. The van der Waals surface area contributed by atoms with Gasteiger partial charge in [0.1, 0.15) is 0 Å². The Morgan fingerprint density at radius 1 is 0.958 bits per heavy atom. The second-order valence-corrected chi connectivity index (χ2v) is 5.67. The summed E-state index contributed by atoms with van der Waals surface area (Å²) in [5, 5.41) is 3.08. The lowest BCUT2D eigenvalue weighted by Gasteiger charge is -2.06. The third kappa shape index (κ3) is 2.26. The molecule has 0 aliphatic carbocycles. The van der Waals surface area contributed by atoms with Crippen LogP contribution in [0.5, 0.6) is 0 Å². The molecule has 1 N–H and O–H groups in total. The third-order valence-electron chi connectivity index (χ3n) is 4.23. The highest BCUT2D eigenvalue weighted by atomic mass is 16.5. The summed E-state index contributed by atoms with van der Waals surface area (Å²) in [4.78, 5) is 16.1. The number of esters is 1. The maximum absolute atomic E-state index is 12.7. The fourth-order valence-electron chi connectivity index (χ4n) is 3.20. The van der Waals surface area contributed by atoms with Crippen LogP contribution in [-0.4, -0.2) is 17.6 Å². The molecule has 4 rings (SSSR count). The van der Waals surface area contributed by atoms with Crippen LogP contribution in [0.4, 0.5) is 0 Å². The van der Waals surface area contributed by atoms with E-state index in [1.54, 1.807) is 0 Å². The van der Waals surface area contributed by atoms with Gasteiger partial charge < -0.3 is 9.72 Å². The monoisotopic (exact) mass is 315 g/mol. The van der Waals surface area contributed by atoms with E-state index in [0.717, 1.165) is 32.9 Å². The molecule has 0 amide bonds. The lowest BCUT2D eigenvalue weighted by molar-refractivity contribution is 0.0529. The van der Waals surface area contributed by atoms with Crippen LogP contribution < -0.4 is 0 Å². The standard InChI is InChI=1S/C21H17NO2/c1-2-24-21(23)19-18-16-11-7-6-8-14(16)12-13-17(18)22-20(19)15-9-4-3-5-10-15/h3-13,22H,2H2,1H3. The Kier molecular flexibility index (Phi) is 3.54. The molecule has 3 nitrogen and oxygen atoms in total. The van der Waals surface area contributed by atoms with Crippen LogP contribution in [0.1, 0.15) is 17.3 Å². The molecule has 0 unspecified atom stereocenters. The predicted molar refractivity (Wildman–Crippen MR) is 97.2 cm³/mol.